The zero-order valence-corrected chi connectivity index (χ0v) is 12.6. The van der Waals surface area contributed by atoms with Crippen LogP contribution in [0.1, 0.15) is 44.1 Å². The van der Waals surface area contributed by atoms with Gasteiger partial charge in [-0.2, -0.15) is 0 Å². The monoisotopic (exact) mass is 292 g/mol. The van der Waals surface area contributed by atoms with Crippen molar-refractivity contribution in [1.29, 1.82) is 0 Å². The largest absolute Gasteiger partial charge is 0.496 e. The molecule has 21 heavy (non-hydrogen) atoms. The summed E-state index contributed by atoms with van der Waals surface area (Å²) in [6.45, 7) is 0.624. The van der Waals surface area contributed by atoms with Crippen molar-refractivity contribution in [3.63, 3.8) is 0 Å². The molecule has 0 unspecified atom stereocenters. The summed E-state index contributed by atoms with van der Waals surface area (Å²) in [5.74, 6) is 0.720. The van der Waals surface area contributed by atoms with Crippen LogP contribution in [0.5, 0.6) is 5.75 Å². The zero-order valence-electron chi connectivity index (χ0n) is 12.6. The first-order chi connectivity index (χ1) is 10.1. The van der Waals surface area contributed by atoms with E-state index in [-0.39, 0.29) is 16.0 Å². The Bertz CT molecular complexity index is 494. The number of nitro benzene ring substituents is 1. The van der Waals surface area contributed by atoms with Gasteiger partial charge in [0.15, 0.2) is 0 Å². The fourth-order valence-electron chi connectivity index (χ4n) is 3.35. The van der Waals surface area contributed by atoms with Gasteiger partial charge in [0.1, 0.15) is 5.75 Å². The molecule has 0 bridgehead atoms. The predicted octanol–water partition coefficient (Wildman–Crippen LogP) is 3.45. The molecule has 0 aromatic heterocycles. The quantitative estimate of drug-likeness (QED) is 0.512. The van der Waals surface area contributed by atoms with Gasteiger partial charge in [0.25, 0.3) is 5.69 Å². The molecule has 1 fully saturated rings. The number of nitrogens with zero attached hydrogens (tertiary/aromatic N) is 1. The van der Waals surface area contributed by atoms with Gasteiger partial charge in [0, 0.05) is 17.7 Å². The third-order valence-corrected chi connectivity index (χ3v) is 4.64. The van der Waals surface area contributed by atoms with E-state index < -0.39 is 0 Å². The molecule has 2 N–H and O–H groups in total. The first-order valence-corrected chi connectivity index (χ1v) is 7.62. The lowest BCUT2D eigenvalue weighted by molar-refractivity contribution is -0.384. The maximum atomic E-state index is 11.0. The fourth-order valence-corrected chi connectivity index (χ4v) is 3.35. The highest BCUT2D eigenvalue weighted by Gasteiger charge is 2.31. The average molecular weight is 292 g/mol. The van der Waals surface area contributed by atoms with Crippen LogP contribution in [0.2, 0.25) is 0 Å². The second kappa shape index (κ2) is 6.89. The molecule has 116 valence electrons. The molecule has 1 aliphatic rings. The van der Waals surface area contributed by atoms with Crippen LogP contribution in [0.25, 0.3) is 0 Å². The number of hydrogen-bond donors (Lipinski definition) is 1. The van der Waals surface area contributed by atoms with E-state index in [0.29, 0.717) is 6.54 Å². The van der Waals surface area contributed by atoms with Crippen LogP contribution in [-0.4, -0.2) is 18.6 Å². The Balaban J connectivity index is 2.30. The van der Waals surface area contributed by atoms with Crippen LogP contribution in [0, 0.1) is 15.5 Å². The van der Waals surface area contributed by atoms with E-state index in [4.69, 9.17) is 10.5 Å². The fraction of sp³-hybridized carbons (Fsp3) is 0.625. The standard InChI is InChI=1S/C16H24N2O3/c1-21-15-7-6-14(18(19)20)10-13(15)11-16(12-17)8-4-2-3-5-9-16/h6-7,10H,2-5,8-9,11-12,17H2,1H3. The lowest BCUT2D eigenvalue weighted by Gasteiger charge is -2.32. The number of hydrogen-bond acceptors (Lipinski definition) is 4. The molecule has 1 aromatic carbocycles. The summed E-state index contributed by atoms with van der Waals surface area (Å²) in [6.07, 6.45) is 7.84. The molecule has 1 saturated carbocycles. The van der Waals surface area contributed by atoms with E-state index in [0.717, 1.165) is 30.6 Å². The van der Waals surface area contributed by atoms with Crippen molar-refractivity contribution < 1.29 is 9.66 Å². The number of nitro groups is 1. The Morgan fingerprint density at radius 2 is 1.95 bits per heavy atom. The topological polar surface area (TPSA) is 78.4 Å². The number of nitrogens with two attached hydrogens (primary N) is 1. The van der Waals surface area contributed by atoms with Gasteiger partial charge in [-0.3, -0.25) is 10.1 Å². The van der Waals surface area contributed by atoms with Gasteiger partial charge >= 0.3 is 0 Å². The molecule has 1 aliphatic carbocycles. The minimum absolute atomic E-state index is 0.0546. The number of methoxy groups -OCH3 is 1. The Labute approximate surface area is 125 Å². The summed E-state index contributed by atoms with van der Waals surface area (Å²) in [5.41, 5.74) is 7.14. The van der Waals surface area contributed by atoms with Gasteiger partial charge < -0.3 is 10.5 Å². The normalized spacial score (nSPS) is 18.0. The van der Waals surface area contributed by atoms with Gasteiger partial charge in [-0.25, -0.2) is 0 Å². The Hall–Kier alpha value is -1.62. The molecule has 0 atom stereocenters. The Kier molecular flexibility index (Phi) is 5.17. The molecule has 2 rings (SSSR count). The van der Waals surface area contributed by atoms with Crippen molar-refractivity contribution in [1.82, 2.24) is 0 Å². The van der Waals surface area contributed by atoms with E-state index >= 15 is 0 Å². The second-order valence-electron chi connectivity index (χ2n) is 6.05. The van der Waals surface area contributed by atoms with Crippen LogP contribution in [0.4, 0.5) is 5.69 Å². The minimum Gasteiger partial charge on any atom is -0.496 e. The van der Waals surface area contributed by atoms with Gasteiger partial charge in [0.2, 0.25) is 0 Å². The van der Waals surface area contributed by atoms with Crippen LogP contribution in [0.15, 0.2) is 18.2 Å². The number of benzene rings is 1. The molecule has 1 aromatic rings. The molecule has 0 radical (unpaired) electrons. The lowest BCUT2D eigenvalue weighted by Crippen LogP contribution is -2.32. The highest BCUT2D eigenvalue weighted by molar-refractivity contribution is 5.44. The third-order valence-electron chi connectivity index (χ3n) is 4.64. The van der Waals surface area contributed by atoms with E-state index in [1.54, 1.807) is 19.2 Å². The van der Waals surface area contributed by atoms with Crippen molar-refractivity contribution in [2.75, 3.05) is 13.7 Å². The first-order valence-electron chi connectivity index (χ1n) is 7.62. The summed E-state index contributed by atoms with van der Waals surface area (Å²) in [4.78, 5) is 10.6. The van der Waals surface area contributed by atoms with Crippen molar-refractivity contribution in [3.8, 4) is 5.75 Å². The van der Waals surface area contributed by atoms with Gasteiger partial charge in [-0.1, -0.05) is 25.7 Å². The zero-order chi connectivity index (χ0) is 15.3. The second-order valence-corrected chi connectivity index (χ2v) is 6.05. The summed E-state index contributed by atoms with van der Waals surface area (Å²) in [6, 6.07) is 4.82. The van der Waals surface area contributed by atoms with Crippen molar-refractivity contribution in [2.45, 2.75) is 44.9 Å². The molecule has 0 aliphatic heterocycles. The SMILES string of the molecule is COc1ccc([N+](=O)[O-])cc1CC1(CN)CCCCCC1. The highest BCUT2D eigenvalue weighted by Crippen LogP contribution is 2.39. The van der Waals surface area contributed by atoms with Crippen molar-refractivity contribution in [2.24, 2.45) is 11.1 Å². The Morgan fingerprint density at radius 1 is 1.29 bits per heavy atom. The molecule has 0 saturated heterocycles. The predicted molar refractivity (Wildman–Crippen MR) is 82.5 cm³/mol. The van der Waals surface area contributed by atoms with Gasteiger partial charge in [-0.05, 0) is 37.3 Å². The van der Waals surface area contributed by atoms with E-state index in [2.05, 4.69) is 0 Å². The van der Waals surface area contributed by atoms with Crippen LogP contribution in [-0.2, 0) is 6.42 Å². The van der Waals surface area contributed by atoms with E-state index in [1.807, 2.05) is 0 Å². The summed E-state index contributed by atoms with van der Waals surface area (Å²) in [5, 5.41) is 11.0. The van der Waals surface area contributed by atoms with Crippen molar-refractivity contribution >= 4 is 5.69 Å². The molecule has 0 spiro atoms. The highest BCUT2D eigenvalue weighted by atomic mass is 16.6. The number of ether oxygens (including phenoxy) is 1. The smallest absolute Gasteiger partial charge is 0.269 e. The Morgan fingerprint density at radius 3 is 2.48 bits per heavy atom. The summed E-state index contributed by atoms with van der Waals surface area (Å²) < 4.78 is 5.38. The lowest BCUT2D eigenvalue weighted by atomic mass is 9.75. The summed E-state index contributed by atoms with van der Waals surface area (Å²) in [7, 11) is 1.60. The van der Waals surface area contributed by atoms with Gasteiger partial charge in [0.05, 0.1) is 12.0 Å². The average Bonchev–Trinajstić information content (AvgIpc) is 2.73. The molecular formula is C16H24N2O3. The third kappa shape index (κ3) is 3.73. The molecule has 0 amide bonds. The molecule has 5 heteroatoms. The van der Waals surface area contributed by atoms with Crippen LogP contribution in [0.3, 0.4) is 0 Å². The first kappa shape index (κ1) is 15.8. The molecule has 5 nitrogen and oxygen atoms in total. The van der Waals surface area contributed by atoms with Gasteiger partial charge in [-0.15, -0.1) is 0 Å². The molecule has 0 heterocycles. The maximum absolute atomic E-state index is 11.0. The molecular weight excluding hydrogens is 268 g/mol. The number of non-ortho nitro benzene ring substituents is 1. The van der Waals surface area contributed by atoms with Crippen LogP contribution >= 0.6 is 0 Å². The van der Waals surface area contributed by atoms with Crippen molar-refractivity contribution in [3.05, 3.63) is 33.9 Å². The summed E-state index contributed by atoms with van der Waals surface area (Å²) >= 11 is 0. The van der Waals surface area contributed by atoms with Crippen LogP contribution < -0.4 is 10.5 Å². The van der Waals surface area contributed by atoms with E-state index in [1.165, 1.54) is 31.7 Å². The van der Waals surface area contributed by atoms with E-state index in [9.17, 15) is 10.1 Å². The number of rotatable bonds is 5. The maximum Gasteiger partial charge on any atom is 0.269 e. The minimum atomic E-state index is -0.356.